The fourth-order valence-electron chi connectivity index (χ4n) is 4.89. The van der Waals surface area contributed by atoms with Crippen LogP contribution in [0.3, 0.4) is 0 Å². The van der Waals surface area contributed by atoms with Gasteiger partial charge in [0.05, 0.1) is 11.4 Å². The Balaban J connectivity index is 1.31. The predicted octanol–water partition coefficient (Wildman–Crippen LogP) is 5.01. The highest BCUT2D eigenvalue weighted by Gasteiger charge is 2.35. The van der Waals surface area contributed by atoms with Gasteiger partial charge in [0.1, 0.15) is 17.1 Å². The van der Waals surface area contributed by atoms with Gasteiger partial charge in [-0.1, -0.05) is 24.3 Å². The summed E-state index contributed by atoms with van der Waals surface area (Å²) in [6, 6.07) is 19.3. The van der Waals surface area contributed by atoms with Crippen LogP contribution in [0.2, 0.25) is 0 Å². The van der Waals surface area contributed by atoms with Gasteiger partial charge in [0, 0.05) is 53.4 Å². The highest BCUT2D eigenvalue weighted by atomic mass is 35.5. The lowest BCUT2D eigenvalue weighted by Crippen LogP contribution is -2.30. The Bertz CT molecular complexity index is 1700. The first-order valence-corrected chi connectivity index (χ1v) is 12.2. The molecule has 3 aromatic carbocycles. The number of rotatable bonds is 4. The summed E-state index contributed by atoms with van der Waals surface area (Å²) in [4.78, 5) is 32.3. The van der Waals surface area contributed by atoms with Gasteiger partial charge in [-0.2, -0.15) is 0 Å². The highest BCUT2D eigenvalue weighted by Crippen LogP contribution is 2.45. The van der Waals surface area contributed by atoms with Crippen molar-refractivity contribution in [1.82, 2.24) is 9.38 Å². The molecular weight excluding hydrogens is 490 g/mol. The van der Waals surface area contributed by atoms with Crippen molar-refractivity contribution in [2.24, 2.45) is 0 Å². The number of nitrogen functional groups attached to an aromatic ring is 1. The van der Waals surface area contributed by atoms with Gasteiger partial charge in [0.15, 0.2) is 0 Å². The van der Waals surface area contributed by atoms with E-state index >= 15 is 0 Å². The Labute approximate surface area is 216 Å². The normalized spacial score (nSPS) is 14.7. The van der Waals surface area contributed by atoms with Crippen LogP contribution in [0.25, 0.3) is 16.4 Å². The van der Waals surface area contributed by atoms with E-state index in [1.165, 1.54) is 0 Å². The molecule has 1 aliphatic heterocycles. The summed E-state index contributed by atoms with van der Waals surface area (Å²) in [6.07, 6.45) is 3.33. The molecule has 1 aliphatic rings. The molecule has 184 valence electrons. The molecule has 0 saturated heterocycles. The number of carbonyl (C=O) groups excluding carboxylic acids is 2. The van der Waals surface area contributed by atoms with Crippen LogP contribution < -0.4 is 16.0 Å². The number of phenols is 1. The van der Waals surface area contributed by atoms with E-state index in [9.17, 15) is 14.7 Å². The van der Waals surface area contributed by atoms with Gasteiger partial charge >= 0.3 is 0 Å². The lowest BCUT2D eigenvalue weighted by Gasteiger charge is -2.17. The smallest absolute Gasteiger partial charge is 0.278 e. The molecule has 0 fully saturated rings. The number of aromatic nitrogens is 2. The number of aromatic hydroxyl groups is 1. The summed E-state index contributed by atoms with van der Waals surface area (Å²) in [6.45, 7) is 0.391. The van der Waals surface area contributed by atoms with Crippen molar-refractivity contribution in [1.29, 1.82) is 0 Å². The maximum atomic E-state index is 13.6. The molecule has 0 saturated carbocycles. The van der Waals surface area contributed by atoms with Crippen molar-refractivity contribution < 1.29 is 14.7 Å². The van der Waals surface area contributed by atoms with Crippen LogP contribution in [0, 0.1) is 0 Å². The lowest BCUT2D eigenvalue weighted by atomic mass is 9.95. The number of anilines is 3. The van der Waals surface area contributed by atoms with E-state index < -0.39 is 0 Å². The SMILES string of the molecule is Nc1ccc(C(=O)Nc2ccc3nc(C(=O)N4CC(CCl)c5c4cc(O)c4ccccc54)cn3c2)cc1. The van der Waals surface area contributed by atoms with Gasteiger partial charge in [0.2, 0.25) is 0 Å². The monoisotopic (exact) mass is 511 g/mol. The van der Waals surface area contributed by atoms with Gasteiger partial charge < -0.3 is 25.5 Å². The number of nitrogens with zero attached hydrogens (tertiary/aromatic N) is 3. The summed E-state index contributed by atoms with van der Waals surface area (Å²) in [7, 11) is 0. The van der Waals surface area contributed by atoms with E-state index in [0.717, 1.165) is 16.3 Å². The Morgan fingerprint density at radius 1 is 1.05 bits per heavy atom. The Hall–Kier alpha value is -4.56. The third-order valence-corrected chi connectivity index (χ3v) is 7.05. The number of nitrogens with one attached hydrogen (secondary N) is 1. The van der Waals surface area contributed by atoms with Crippen molar-refractivity contribution in [3.63, 3.8) is 0 Å². The summed E-state index contributed by atoms with van der Waals surface area (Å²) in [5, 5.41) is 15.1. The minimum absolute atomic E-state index is 0.0710. The fourth-order valence-corrected chi connectivity index (χ4v) is 5.14. The predicted molar refractivity (Wildman–Crippen MR) is 145 cm³/mol. The van der Waals surface area contributed by atoms with Crippen molar-refractivity contribution >= 4 is 56.9 Å². The average molecular weight is 512 g/mol. The third kappa shape index (κ3) is 3.91. The van der Waals surface area contributed by atoms with E-state index in [0.29, 0.717) is 40.7 Å². The van der Waals surface area contributed by atoms with Gasteiger partial charge in [-0.25, -0.2) is 4.98 Å². The number of benzene rings is 3. The van der Waals surface area contributed by atoms with Crippen LogP contribution in [0.15, 0.2) is 79.1 Å². The molecule has 1 unspecified atom stereocenters. The second-order valence-corrected chi connectivity index (χ2v) is 9.34. The second kappa shape index (κ2) is 8.83. The van der Waals surface area contributed by atoms with Crippen LogP contribution >= 0.6 is 11.6 Å². The summed E-state index contributed by atoms with van der Waals surface area (Å²) in [5.41, 5.74) is 9.70. The highest BCUT2D eigenvalue weighted by molar-refractivity contribution is 6.19. The van der Waals surface area contributed by atoms with Crippen molar-refractivity contribution in [2.75, 3.05) is 28.4 Å². The van der Waals surface area contributed by atoms with E-state index in [1.807, 2.05) is 24.3 Å². The Morgan fingerprint density at radius 2 is 1.81 bits per heavy atom. The summed E-state index contributed by atoms with van der Waals surface area (Å²) < 4.78 is 1.69. The number of phenolic OH excluding ortho intramolecular Hbond substituents is 1. The van der Waals surface area contributed by atoms with Crippen LogP contribution in [0.1, 0.15) is 32.3 Å². The molecule has 0 radical (unpaired) electrons. The molecule has 8 nitrogen and oxygen atoms in total. The average Bonchev–Trinajstić information content (AvgIpc) is 3.50. The number of imidazole rings is 1. The Morgan fingerprint density at radius 3 is 2.57 bits per heavy atom. The van der Waals surface area contributed by atoms with Crippen LogP contribution in [0.4, 0.5) is 17.1 Å². The van der Waals surface area contributed by atoms with E-state index in [2.05, 4.69) is 10.3 Å². The number of carbonyl (C=O) groups is 2. The number of hydrogen-bond donors (Lipinski definition) is 3. The molecule has 0 bridgehead atoms. The first-order valence-electron chi connectivity index (χ1n) is 11.7. The second-order valence-electron chi connectivity index (χ2n) is 9.03. The van der Waals surface area contributed by atoms with E-state index in [1.54, 1.807) is 64.2 Å². The van der Waals surface area contributed by atoms with Gasteiger partial charge in [-0.05, 0) is 47.3 Å². The zero-order valence-electron chi connectivity index (χ0n) is 19.6. The molecule has 3 heterocycles. The molecule has 4 N–H and O–H groups in total. The maximum Gasteiger partial charge on any atom is 0.278 e. The molecular formula is C28H22ClN5O3. The molecule has 5 aromatic rings. The lowest BCUT2D eigenvalue weighted by molar-refractivity contribution is 0.0982. The van der Waals surface area contributed by atoms with Gasteiger partial charge in [-0.3, -0.25) is 9.59 Å². The maximum absolute atomic E-state index is 13.6. The molecule has 0 spiro atoms. The molecule has 2 amide bonds. The minimum atomic E-state index is -0.292. The molecule has 6 rings (SSSR count). The van der Waals surface area contributed by atoms with Crippen LogP contribution in [-0.4, -0.2) is 38.7 Å². The van der Waals surface area contributed by atoms with E-state index in [-0.39, 0.29) is 29.2 Å². The number of alkyl halides is 1. The minimum Gasteiger partial charge on any atom is -0.507 e. The number of pyridine rings is 1. The van der Waals surface area contributed by atoms with Crippen molar-refractivity contribution in [2.45, 2.75) is 5.92 Å². The fraction of sp³-hybridized carbons (Fsp3) is 0.107. The number of halogens is 1. The number of hydrogen-bond acceptors (Lipinski definition) is 5. The largest absolute Gasteiger partial charge is 0.507 e. The number of nitrogens with two attached hydrogens (primary N) is 1. The van der Waals surface area contributed by atoms with Crippen molar-refractivity contribution in [3.8, 4) is 5.75 Å². The summed E-state index contributed by atoms with van der Waals surface area (Å²) in [5.74, 6) is -0.186. The number of amides is 2. The molecule has 0 aliphatic carbocycles. The number of fused-ring (bicyclic) bond motifs is 4. The first kappa shape index (κ1) is 22.9. The quantitative estimate of drug-likeness (QED) is 0.232. The zero-order valence-corrected chi connectivity index (χ0v) is 20.3. The standard InChI is InChI=1S/C28H22ClN5O3/c29-12-17-13-34(23-11-24(35)20-3-1-2-4-21(20)26(17)23)28(37)22-15-33-14-19(9-10-25(33)32-22)31-27(36)16-5-7-18(30)8-6-16/h1-11,14-15,17,35H,12-13,30H2,(H,31,36). The molecule has 2 aromatic heterocycles. The van der Waals surface area contributed by atoms with Crippen LogP contribution in [0.5, 0.6) is 5.75 Å². The first-order chi connectivity index (χ1) is 17.9. The van der Waals surface area contributed by atoms with E-state index in [4.69, 9.17) is 17.3 Å². The molecule has 37 heavy (non-hydrogen) atoms. The van der Waals surface area contributed by atoms with Gasteiger partial charge in [0.25, 0.3) is 11.8 Å². The Kier molecular flexibility index (Phi) is 5.46. The third-order valence-electron chi connectivity index (χ3n) is 6.68. The van der Waals surface area contributed by atoms with Gasteiger partial charge in [-0.15, -0.1) is 11.6 Å². The molecule has 1 atom stereocenters. The molecule has 9 heteroatoms. The zero-order chi connectivity index (χ0) is 25.7. The van der Waals surface area contributed by atoms with Crippen molar-refractivity contribution in [3.05, 3.63) is 95.9 Å². The summed E-state index contributed by atoms with van der Waals surface area (Å²) >= 11 is 6.31. The van der Waals surface area contributed by atoms with Crippen LogP contribution in [-0.2, 0) is 0 Å². The topological polar surface area (TPSA) is 113 Å².